The maximum absolute atomic E-state index is 11.6. The van der Waals surface area contributed by atoms with Crippen molar-refractivity contribution in [2.45, 2.75) is 40.0 Å². The molecule has 0 heterocycles. The SMILES string of the molecule is C=CC(=O)CC(C)(C)C(=O)OCCCC. The number of ketones is 1. The minimum atomic E-state index is -0.751. The van der Waals surface area contributed by atoms with E-state index in [9.17, 15) is 9.59 Å². The molecule has 0 unspecified atom stereocenters. The van der Waals surface area contributed by atoms with Crippen molar-refractivity contribution in [3.05, 3.63) is 12.7 Å². The maximum Gasteiger partial charge on any atom is 0.311 e. The lowest BCUT2D eigenvalue weighted by atomic mass is 9.87. The lowest BCUT2D eigenvalue weighted by Crippen LogP contribution is -2.29. The number of hydrogen-bond donors (Lipinski definition) is 0. The molecule has 86 valence electrons. The summed E-state index contributed by atoms with van der Waals surface area (Å²) >= 11 is 0. The van der Waals surface area contributed by atoms with E-state index in [-0.39, 0.29) is 18.2 Å². The molecule has 0 aromatic heterocycles. The predicted molar refractivity (Wildman–Crippen MR) is 59.5 cm³/mol. The minimum Gasteiger partial charge on any atom is -0.465 e. The van der Waals surface area contributed by atoms with Crippen molar-refractivity contribution >= 4 is 11.8 Å². The standard InChI is InChI=1S/C12H20O3/c1-5-7-8-15-11(14)12(3,4)9-10(13)6-2/h6H,2,5,7-9H2,1,3-4H3. The zero-order valence-corrected chi connectivity index (χ0v) is 9.84. The third kappa shape index (κ3) is 5.35. The second-order valence-electron chi connectivity index (χ2n) is 4.22. The summed E-state index contributed by atoms with van der Waals surface area (Å²) in [4.78, 5) is 22.7. The van der Waals surface area contributed by atoms with Crippen molar-refractivity contribution in [3.63, 3.8) is 0 Å². The van der Waals surface area contributed by atoms with Crippen LogP contribution in [0.5, 0.6) is 0 Å². The van der Waals surface area contributed by atoms with Gasteiger partial charge in [-0.05, 0) is 26.3 Å². The molecular weight excluding hydrogens is 192 g/mol. The van der Waals surface area contributed by atoms with Crippen LogP contribution in [0.4, 0.5) is 0 Å². The maximum atomic E-state index is 11.6. The molecule has 0 aromatic carbocycles. The summed E-state index contributed by atoms with van der Waals surface area (Å²) in [5.41, 5.74) is -0.751. The van der Waals surface area contributed by atoms with E-state index in [4.69, 9.17) is 4.74 Å². The molecule has 0 aromatic rings. The number of allylic oxidation sites excluding steroid dienone is 1. The Balaban J connectivity index is 4.13. The summed E-state index contributed by atoms with van der Waals surface area (Å²) in [5.74, 6) is -0.446. The Hall–Kier alpha value is -1.12. The van der Waals surface area contributed by atoms with Crippen molar-refractivity contribution in [3.8, 4) is 0 Å². The largest absolute Gasteiger partial charge is 0.465 e. The molecule has 15 heavy (non-hydrogen) atoms. The van der Waals surface area contributed by atoms with Crippen LogP contribution in [0.2, 0.25) is 0 Å². The second-order valence-corrected chi connectivity index (χ2v) is 4.22. The van der Waals surface area contributed by atoms with Gasteiger partial charge in [-0.1, -0.05) is 19.9 Å². The van der Waals surface area contributed by atoms with Crippen molar-refractivity contribution in [1.29, 1.82) is 0 Å². The molecule has 3 nitrogen and oxygen atoms in total. The first-order valence-corrected chi connectivity index (χ1v) is 5.26. The number of hydrogen-bond acceptors (Lipinski definition) is 3. The molecule has 0 fully saturated rings. The van der Waals surface area contributed by atoms with Crippen LogP contribution in [0.25, 0.3) is 0 Å². The lowest BCUT2D eigenvalue weighted by Gasteiger charge is -2.20. The first kappa shape index (κ1) is 13.9. The molecule has 0 spiro atoms. The van der Waals surface area contributed by atoms with Gasteiger partial charge < -0.3 is 4.74 Å². The van der Waals surface area contributed by atoms with Gasteiger partial charge in [0.2, 0.25) is 0 Å². The molecule has 0 radical (unpaired) electrons. The van der Waals surface area contributed by atoms with E-state index in [1.807, 2.05) is 6.92 Å². The van der Waals surface area contributed by atoms with Crippen LogP contribution >= 0.6 is 0 Å². The zero-order valence-electron chi connectivity index (χ0n) is 9.84. The fourth-order valence-electron chi connectivity index (χ4n) is 1.08. The molecular formula is C12H20O3. The lowest BCUT2D eigenvalue weighted by molar-refractivity contribution is -0.155. The number of rotatable bonds is 7. The first-order valence-electron chi connectivity index (χ1n) is 5.26. The summed E-state index contributed by atoms with van der Waals surface area (Å²) in [6, 6.07) is 0. The van der Waals surface area contributed by atoms with Gasteiger partial charge in [-0.15, -0.1) is 0 Å². The molecule has 0 saturated heterocycles. The van der Waals surface area contributed by atoms with E-state index in [1.54, 1.807) is 13.8 Å². The highest BCUT2D eigenvalue weighted by atomic mass is 16.5. The molecule has 3 heteroatoms. The fourth-order valence-corrected chi connectivity index (χ4v) is 1.08. The number of carbonyl (C=O) groups excluding carboxylic acids is 2. The minimum absolute atomic E-state index is 0.132. The Kier molecular flexibility index (Phi) is 5.90. The molecule has 0 N–H and O–H groups in total. The second kappa shape index (κ2) is 6.38. The van der Waals surface area contributed by atoms with Crippen LogP contribution in [0.15, 0.2) is 12.7 Å². The van der Waals surface area contributed by atoms with Crippen LogP contribution in [-0.4, -0.2) is 18.4 Å². The number of carbonyl (C=O) groups is 2. The Labute approximate surface area is 91.5 Å². The number of esters is 1. The highest BCUT2D eigenvalue weighted by Gasteiger charge is 2.31. The summed E-state index contributed by atoms with van der Waals surface area (Å²) in [6.07, 6.45) is 3.24. The monoisotopic (exact) mass is 212 g/mol. The van der Waals surface area contributed by atoms with Gasteiger partial charge in [0, 0.05) is 6.42 Å². The predicted octanol–water partition coefficient (Wildman–Crippen LogP) is 2.50. The molecule has 0 amide bonds. The van der Waals surface area contributed by atoms with E-state index in [0.29, 0.717) is 6.61 Å². The van der Waals surface area contributed by atoms with E-state index in [1.165, 1.54) is 6.08 Å². The van der Waals surface area contributed by atoms with Gasteiger partial charge in [0.05, 0.1) is 12.0 Å². The van der Waals surface area contributed by atoms with Gasteiger partial charge in [0.15, 0.2) is 5.78 Å². The summed E-state index contributed by atoms with van der Waals surface area (Å²) < 4.78 is 5.07. The van der Waals surface area contributed by atoms with Gasteiger partial charge in [0.25, 0.3) is 0 Å². The summed E-state index contributed by atoms with van der Waals surface area (Å²) in [5, 5.41) is 0. The van der Waals surface area contributed by atoms with Crippen molar-refractivity contribution < 1.29 is 14.3 Å². The van der Waals surface area contributed by atoms with Gasteiger partial charge in [-0.3, -0.25) is 9.59 Å². The summed E-state index contributed by atoms with van der Waals surface area (Å²) in [6.45, 7) is 9.26. The molecule has 0 aliphatic rings. The Bertz CT molecular complexity index is 241. The third-order valence-electron chi connectivity index (χ3n) is 2.13. The molecule has 0 aliphatic heterocycles. The third-order valence-corrected chi connectivity index (χ3v) is 2.13. The van der Waals surface area contributed by atoms with Gasteiger partial charge in [-0.25, -0.2) is 0 Å². The Morgan fingerprint density at radius 1 is 1.40 bits per heavy atom. The van der Waals surface area contributed by atoms with Gasteiger partial charge >= 0.3 is 5.97 Å². The molecule has 0 saturated carbocycles. The van der Waals surface area contributed by atoms with Gasteiger partial charge in [-0.2, -0.15) is 0 Å². The molecule has 0 rings (SSSR count). The van der Waals surface area contributed by atoms with Crippen LogP contribution < -0.4 is 0 Å². The smallest absolute Gasteiger partial charge is 0.311 e. The topological polar surface area (TPSA) is 43.4 Å². The van der Waals surface area contributed by atoms with E-state index in [2.05, 4.69) is 6.58 Å². The average Bonchev–Trinajstić information content (AvgIpc) is 2.17. The van der Waals surface area contributed by atoms with E-state index < -0.39 is 5.41 Å². The molecule has 0 aliphatic carbocycles. The quantitative estimate of drug-likeness (QED) is 0.370. The van der Waals surface area contributed by atoms with Gasteiger partial charge in [0.1, 0.15) is 0 Å². The Morgan fingerprint density at radius 2 is 2.00 bits per heavy atom. The average molecular weight is 212 g/mol. The number of ether oxygens (including phenoxy) is 1. The fraction of sp³-hybridized carbons (Fsp3) is 0.667. The normalized spacial score (nSPS) is 10.9. The highest BCUT2D eigenvalue weighted by molar-refractivity contribution is 5.93. The van der Waals surface area contributed by atoms with Crippen LogP contribution in [0, 0.1) is 5.41 Å². The van der Waals surface area contributed by atoms with Crippen LogP contribution in [0.1, 0.15) is 40.0 Å². The van der Waals surface area contributed by atoms with Crippen LogP contribution in [0.3, 0.4) is 0 Å². The first-order chi connectivity index (χ1) is 6.94. The number of unbranched alkanes of at least 4 members (excludes halogenated alkanes) is 1. The Morgan fingerprint density at radius 3 is 2.47 bits per heavy atom. The molecule has 0 atom stereocenters. The van der Waals surface area contributed by atoms with Crippen molar-refractivity contribution in [2.75, 3.05) is 6.61 Å². The zero-order chi connectivity index (χ0) is 11.9. The highest BCUT2D eigenvalue weighted by Crippen LogP contribution is 2.22. The van der Waals surface area contributed by atoms with E-state index >= 15 is 0 Å². The molecule has 0 bridgehead atoms. The van der Waals surface area contributed by atoms with Crippen LogP contribution in [-0.2, 0) is 14.3 Å². The van der Waals surface area contributed by atoms with Crippen molar-refractivity contribution in [2.24, 2.45) is 5.41 Å². The summed E-state index contributed by atoms with van der Waals surface area (Å²) in [7, 11) is 0. The van der Waals surface area contributed by atoms with E-state index in [0.717, 1.165) is 12.8 Å². The van der Waals surface area contributed by atoms with Crippen molar-refractivity contribution in [1.82, 2.24) is 0 Å².